The van der Waals surface area contributed by atoms with Gasteiger partial charge >= 0.3 is 0 Å². The van der Waals surface area contributed by atoms with Gasteiger partial charge in [-0.05, 0) is 49.6 Å². The number of hydrogen-bond acceptors (Lipinski definition) is 3. The Kier molecular flexibility index (Phi) is 9.81. The van der Waals surface area contributed by atoms with E-state index in [1.165, 1.54) is 24.3 Å². The molecule has 3 rings (SSSR count). The molecule has 2 aromatic carbocycles. The molecule has 0 aliphatic carbocycles. The van der Waals surface area contributed by atoms with Crippen molar-refractivity contribution in [2.24, 2.45) is 5.92 Å². The van der Waals surface area contributed by atoms with Gasteiger partial charge in [-0.15, -0.1) is 0 Å². The van der Waals surface area contributed by atoms with Crippen LogP contribution in [0.25, 0.3) is 0 Å². The summed E-state index contributed by atoms with van der Waals surface area (Å²) in [4.78, 5) is 39.8. The Hall–Kier alpha value is -2.97. The Labute approximate surface area is 199 Å². The fraction of sp³-hybridized carbons (Fsp3) is 0.375. The van der Waals surface area contributed by atoms with Gasteiger partial charge in [-0.25, -0.2) is 4.39 Å². The van der Waals surface area contributed by atoms with E-state index in [-0.39, 0.29) is 42.1 Å². The normalized spacial score (nSPS) is 15.7. The lowest BCUT2D eigenvalue weighted by molar-refractivity contribution is -0.400. The van der Waals surface area contributed by atoms with Crippen LogP contribution in [0, 0.1) is 11.7 Å². The molecule has 1 heterocycles. The molecule has 0 aromatic heterocycles. The molecule has 1 saturated heterocycles. The van der Waals surface area contributed by atoms with Crippen LogP contribution in [0.1, 0.15) is 25.3 Å². The average molecular weight is 477 g/mol. The van der Waals surface area contributed by atoms with E-state index < -0.39 is 11.9 Å². The molecule has 0 saturated carbocycles. The first-order valence-electron chi connectivity index (χ1n) is 10.9. The van der Waals surface area contributed by atoms with Crippen LogP contribution >= 0.6 is 0 Å². The molecule has 33 heavy (non-hydrogen) atoms. The zero-order chi connectivity index (χ0) is 23.1. The van der Waals surface area contributed by atoms with E-state index in [0.717, 1.165) is 5.56 Å². The summed E-state index contributed by atoms with van der Waals surface area (Å²) in [6, 6.07) is 13.8. The van der Waals surface area contributed by atoms with Crippen molar-refractivity contribution in [2.75, 3.05) is 18.4 Å². The third-order valence-electron chi connectivity index (χ3n) is 5.63. The largest absolute Gasteiger partial charge is 1.00 e. The number of quaternary nitrogens is 1. The molecule has 0 radical (unpaired) electrons. The summed E-state index contributed by atoms with van der Waals surface area (Å²) in [5.41, 5.74) is 5.14. The van der Waals surface area contributed by atoms with Gasteiger partial charge in [-0.3, -0.25) is 14.4 Å². The predicted octanol–water partition coefficient (Wildman–Crippen LogP) is -1.64. The van der Waals surface area contributed by atoms with E-state index in [9.17, 15) is 18.8 Å². The third kappa shape index (κ3) is 7.54. The molecule has 3 amide bonds. The van der Waals surface area contributed by atoms with Gasteiger partial charge in [0.15, 0.2) is 6.04 Å². The Morgan fingerprint density at radius 3 is 2.24 bits per heavy atom. The number of piperidine rings is 1. The van der Waals surface area contributed by atoms with Crippen LogP contribution in [0.15, 0.2) is 54.6 Å². The number of carbonyl (C=O) groups is 3. The summed E-state index contributed by atoms with van der Waals surface area (Å²) in [5.74, 6) is -1.24. The minimum Gasteiger partial charge on any atom is -1.00 e. The fourth-order valence-electron chi connectivity index (χ4n) is 3.78. The Balaban J connectivity index is 0.00000385. The summed E-state index contributed by atoms with van der Waals surface area (Å²) in [5, 5.41) is 5.64. The van der Waals surface area contributed by atoms with Gasteiger partial charge in [0, 0.05) is 31.1 Å². The second-order valence-electron chi connectivity index (χ2n) is 8.25. The number of nitrogens with one attached hydrogen (secondary N) is 2. The van der Waals surface area contributed by atoms with Gasteiger partial charge in [0.25, 0.3) is 5.91 Å². The first-order chi connectivity index (χ1) is 15.3. The number of benzene rings is 2. The van der Waals surface area contributed by atoms with Crippen molar-refractivity contribution in [3.8, 4) is 0 Å². The summed E-state index contributed by atoms with van der Waals surface area (Å²) in [6.45, 7) is 2.76. The first kappa shape index (κ1) is 26.3. The summed E-state index contributed by atoms with van der Waals surface area (Å²) in [7, 11) is 0. The van der Waals surface area contributed by atoms with Crippen LogP contribution in [-0.4, -0.2) is 47.8 Å². The van der Waals surface area contributed by atoms with Crippen LogP contribution in [-0.2, 0) is 20.8 Å². The van der Waals surface area contributed by atoms with Crippen molar-refractivity contribution in [3.63, 3.8) is 0 Å². The smallest absolute Gasteiger partial charge is 0.280 e. The molecular formula is C24H30ClFN4O3. The molecule has 7 nitrogen and oxygen atoms in total. The number of likely N-dealkylation sites (tertiary alicyclic amines) is 1. The second-order valence-corrected chi connectivity index (χ2v) is 8.25. The van der Waals surface area contributed by atoms with Crippen molar-refractivity contribution < 1.29 is 36.9 Å². The SMILES string of the molecule is C[C@H]([NH3+])C(=O)N1CCC(C(=O)N[C@@H](Cc2ccccc2)C(=O)Nc2ccc(F)cc2)CC1.[Cl-]. The summed E-state index contributed by atoms with van der Waals surface area (Å²) in [6.07, 6.45) is 1.42. The van der Waals surface area contributed by atoms with Crippen LogP contribution in [0.5, 0.6) is 0 Å². The zero-order valence-corrected chi connectivity index (χ0v) is 19.4. The predicted molar refractivity (Wildman–Crippen MR) is 119 cm³/mol. The molecule has 9 heteroatoms. The maximum Gasteiger partial charge on any atom is 0.280 e. The molecule has 0 unspecified atom stereocenters. The summed E-state index contributed by atoms with van der Waals surface area (Å²) < 4.78 is 13.2. The Morgan fingerprint density at radius 1 is 1.06 bits per heavy atom. The summed E-state index contributed by atoms with van der Waals surface area (Å²) >= 11 is 0. The van der Waals surface area contributed by atoms with Gasteiger partial charge in [0.05, 0.1) is 0 Å². The molecule has 178 valence electrons. The number of hydrogen-bond donors (Lipinski definition) is 3. The highest BCUT2D eigenvalue weighted by Crippen LogP contribution is 2.19. The highest BCUT2D eigenvalue weighted by Gasteiger charge is 2.31. The number of rotatable bonds is 7. The standard InChI is InChI=1S/C24H29FN4O3.ClH/c1-16(26)24(32)29-13-11-18(12-14-29)22(30)28-21(15-17-5-3-2-4-6-17)23(31)27-20-9-7-19(25)8-10-20;/h2-10,16,18,21H,11-15,26H2,1H3,(H,27,31)(H,28,30);1H/t16-,21-;/m0./s1. The Morgan fingerprint density at radius 2 is 1.67 bits per heavy atom. The van der Waals surface area contributed by atoms with Crippen molar-refractivity contribution in [2.45, 2.75) is 38.3 Å². The van der Waals surface area contributed by atoms with Crippen molar-refractivity contribution in [1.82, 2.24) is 10.2 Å². The lowest BCUT2D eigenvalue weighted by Gasteiger charge is -2.32. The molecule has 1 fully saturated rings. The van der Waals surface area contributed by atoms with Gasteiger partial charge in [0.1, 0.15) is 11.9 Å². The van der Waals surface area contributed by atoms with E-state index in [1.54, 1.807) is 11.8 Å². The third-order valence-corrected chi connectivity index (χ3v) is 5.63. The molecule has 2 aromatic rings. The molecule has 5 N–H and O–H groups in total. The van der Waals surface area contributed by atoms with Crippen LogP contribution < -0.4 is 28.8 Å². The molecule has 1 aliphatic heterocycles. The lowest BCUT2D eigenvalue weighted by Crippen LogP contribution is -3.00. The van der Waals surface area contributed by atoms with Gasteiger partial charge in [0.2, 0.25) is 11.8 Å². The van der Waals surface area contributed by atoms with E-state index in [2.05, 4.69) is 16.4 Å². The van der Waals surface area contributed by atoms with E-state index in [1.807, 2.05) is 30.3 Å². The van der Waals surface area contributed by atoms with E-state index >= 15 is 0 Å². The molecule has 0 bridgehead atoms. The number of nitrogens with zero attached hydrogens (tertiary/aromatic N) is 1. The topological polar surface area (TPSA) is 106 Å². The van der Waals surface area contributed by atoms with E-state index in [0.29, 0.717) is 38.0 Å². The van der Waals surface area contributed by atoms with Crippen molar-refractivity contribution >= 4 is 23.4 Å². The number of carbonyl (C=O) groups excluding carboxylic acids is 3. The van der Waals surface area contributed by atoms with Crippen molar-refractivity contribution in [1.29, 1.82) is 0 Å². The molecule has 0 spiro atoms. The van der Waals surface area contributed by atoms with Crippen LogP contribution in [0.3, 0.4) is 0 Å². The van der Waals surface area contributed by atoms with Crippen molar-refractivity contribution in [3.05, 3.63) is 66.0 Å². The maximum atomic E-state index is 13.2. The molecule has 2 atom stereocenters. The molecule has 1 aliphatic rings. The highest BCUT2D eigenvalue weighted by atomic mass is 35.5. The lowest BCUT2D eigenvalue weighted by atomic mass is 9.94. The first-order valence-corrected chi connectivity index (χ1v) is 10.9. The highest BCUT2D eigenvalue weighted by molar-refractivity contribution is 5.97. The van der Waals surface area contributed by atoms with Crippen LogP contribution in [0.2, 0.25) is 0 Å². The minimum atomic E-state index is -0.783. The monoisotopic (exact) mass is 476 g/mol. The molecular weight excluding hydrogens is 447 g/mol. The van der Waals surface area contributed by atoms with Gasteiger partial charge in [-0.2, -0.15) is 0 Å². The van der Waals surface area contributed by atoms with E-state index in [4.69, 9.17) is 0 Å². The number of halogens is 2. The van der Waals surface area contributed by atoms with Crippen LogP contribution in [0.4, 0.5) is 10.1 Å². The number of amides is 3. The van der Waals surface area contributed by atoms with Gasteiger partial charge < -0.3 is 33.7 Å². The average Bonchev–Trinajstić information content (AvgIpc) is 2.80. The second kappa shape index (κ2) is 12.3. The zero-order valence-electron chi connectivity index (χ0n) is 18.6. The minimum absolute atomic E-state index is 0. The quantitative estimate of drug-likeness (QED) is 0.446. The number of anilines is 1. The maximum absolute atomic E-state index is 13.2. The fourth-order valence-corrected chi connectivity index (χ4v) is 3.78. The van der Waals surface area contributed by atoms with Gasteiger partial charge in [-0.1, -0.05) is 30.3 Å². The Bertz CT molecular complexity index is 932.